The predicted octanol–water partition coefficient (Wildman–Crippen LogP) is 5.03. The van der Waals surface area contributed by atoms with Crippen molar-refractivity contribution < 1.29 is 13.9 Å². The van der Waals surface area contributed by atoms with Crippen molar-refractivity contribution in [3.8, 4) is 5.75 Å². The van der Waals surface area contributed by atoms with Crippen LogP contribution in [-0.2, 0) is 10.2 Å². The molecule has 27 heavy (non-hydrogen) atoms. The maximum atomic E-state index is 13.3. The third kappa shape index (κ3) is 3.90. The summed E-state index contributed by atoms with van der Waals surface area (Å²) in [6, 6.07) is 14.4. The van der Waals surface area contributed by atoms with Gasteiger partial charge >= 0.3 is 0 Å². The molecule has 0 aliphatic carbocycles. The number of benzene rings is 2. The molecule has 0 bridgehead atoms. The van der Waals surface area contributed by atoms with Gasteiger partial charge in [-0.25, -0.2) is 4.39 Å². The summed E-state index contributed by atoms with van der Waals surface area (Å²) in [6.45, 7) is 6.59. The van der Waals surface area contributed by atoms with Crippen LogP contribution in [-0.4, -0.2) is 24.5 Å². The molecule has 2 aromatic carbocycles. The van der Waals surface area contributed by atoms with Crippen LogP contribution < -0.4 is 4.74 Å². The highest BCUT2D eigenvalue weighted by atomic mass is 19.1. The zero-order valence-corrected chi connectivity index (χ0v) is 16.0. The summed E-state index contributed by atoms with van der Waals surface area (Å²) in [5.74, 6) is 0.664. The van der Waals surface area contributed by atoms with Gasteiger partial charge in [-0.2, -0.15) is 0 Å². The second-order valence-corrected chi connectivity index (χ2v) is 7.24. The average Bonchev–Trinajstić information content (AvgIpc) is 2.68. The molecular weight excluding hydrogens is 341 g/mol. The molecule has 1 aliphatic heterocycles. The lowest BCUT2D eigenvalue weighted by Gasteiger charge is -2.43. The van der Waals surface area contributed by atoms with E-state index in [0.717, 1.165) is 23.3 Å². The van der Waals surface area contributed by atoms with Crippen LogP contribution in [0.25, 0.3) is 0 Å². The predicted molar refractivity (Wildman–Crippen MR) is 105 cm³/mol. The van der Waals surface area contributed by atoms with Crippen molar-refractivity contribution in [2.24, 2.45) is 0 Å². The summed E-state index contributed by atoms with van der Waals surface area (Å²) in [5.41, 5.74) is 1.79. The molecule has 0 N–H and O–H groups in total. The average molecular weight is 367 g/mol. The number of ether oxygens (including phenoxy) is 1. The molecule has 1 heterocycles. The second-order valence-electron chi connectivity index (χ2n) is 7.24. The van der Waals surface area contributed by atoms with E-state index in [0.29, 0.717) is 19.4 Å². The van der Waals surface area contributed by atoms with Gasteiger partial charge in [-0.3, -0.25) is 4.79 Å². The van der Waals surface area contributed by atoms with Gasteiger partial charge in [0.15, 0.2) is 0 Å². The highest BCUT2D eigenvalue weighted by Crippen LogP contribution is 2.41. The molecule has 3 rings (SSSR count). The van der Waals surface area contributed by atoms with E-state index in [2.05, 4.69) is 13.5 Å². The monoisotopic (exact) mass is 367 g/mol. The Bertz CT molecular complexity index is 800. The van der Waals surface area contributed by atoms with E-state index in [4.69, 9.17) is 4.74 Å². The van der Waals surface area contributed by atoms with Crippen LogP contribution in [0.15, 0.2) is 61.2 Å². The first-order valence-electron chi connectivity index (χ1n) is 9.29. The third-order valence-electron chi connectivity index (χ3n) is 5.70. The van der Waals surface area contributed by atoms with Crippen LogP contribution in [0.1, 0.15) is 43.4 Å². The van der Waals surface area contributed by atoms with Gasteiger partial charge in [-0.15, -0.1) is 6.58 Å². The lowest BCUT2D eigenvalue weighted by Crippen LogP contribution is -2.47. The molecule has 0 saturated carbocycles. The maximum absolute atomic E-state index is 13.3. The third-order valence-corrected chi connectivity index (χ3v) is 5.70. The van der Waals surface area contributed by atoms with Crippen molar-refractivity contribution in [1.29, 1.82) is 0 Å². The molecule has 1 aliphatic rings. The molecule has 1 saturated heterocycles. The van der Waals surface area contributed by atoms with E-state index in [1.54, 1.807) is 19.2 Å². The molecule has 2 atom stereocenters. The number of hydrogen-bond donors (Lipinski definition) is 0. The zero-order chi connectivity index (χ0) is 19.4. The number of piperidine rings is 1. The van der Waals surface area contributed by atoms with Crippen molar-refractivity contribution in [2.45, 2.75) is 37.6 Å². The van der Waals surface area contributed by atoms with Gasteiger partial charge in [-0.1, -0.05) is 30.3 Å². The Morgan fingerprint density at radius 3 is 2.44 bits per heavy atom. The number of likely N-dealkylation sites (tertiary alicyclic amines) is 1. The summed E-state index contributed by atoms with van der Waals surface area (Å²) in [5, 5.41) is 0. The number of allylic oxidation sites excluding steroid dienone is 1. The van der Waals surface area contributed by atoms with Gasteiger partial charge in [0, 0.05) is 18.4 Å². The summed E-state index contributed by atoms with van der Waals surface area (Å²) >= 11 is 0. The fourth-order valence-corrected chi connectivity index (χ4v) is 4.03. The van der Waals surface area contributed by atoms with Crippen molar-refractivity contribution in [2.75, 3.05) is 13.7 Å². The highest BCUT2D eigenvalue weighted by Gasteiger charge is 2.40. The minimum Gasteiger partial charge on any atom is -0.497 e. The minimum atomic E-state index is -0.303. The molecule has 4 heteroatoms. The Morgan fingerprint density at radius 2 is 1.89 bits per heavy atom. The normalized spacial score (nSPS) is 21.0. The first-order chi connectivity index (χ1) is 13.0. The van der Waals surface area contributed by atoms with Crippen LogP contribution in [0, 0.1) is 5.82 Å². The van der Waals surface area contributed by atoms with Gasteiger partial charge in [0.1, 0.15) is 11.6 Å². The van der Waals surface area contributed by atoms with E-state index >= 15 is 0 Å². The molecular formula is C23H26FNO2. The molecule has 2 aromatic rings. The number of methoxy groups -OCH3 is 1. The number of hydrogen-bond acceptors (Lipinski definition) is 2. The van der Waals surface area contributed by atoms with Crippen LogP contribution >= 0.6 is 0 Å². The Hall–Kier alpha value is -2.62. The van der Waals surface area contributed by atoms with E-state index in [9.17, 15) is 9.18 Å². The van der Waals surface area contributed by atoms with Crippen molar-refractivity contribution in [3.63, 3.8) is 0 Å². The highest BCUT2D eigenvalue weighted by molar-refractivity contribution is 5.79. The Labute approximate surface area is 160 Å². The standard InChI is InChI=1S/C23H26FNO2/c1-4-13-23(19-7-9-20(24)10-8-19)14-15-25(22(26)16-23)17(2)18-5-11-21(27-3)12-6-18/h4-12,17H,1,13-16H2,2-3H3/t17-,23?/m0/s1. The second kappa shape index (κ2) is 7.95. The van der Waals surface area contributed by atoms with E-state index in [-0.39, 0.29) is 23.2 Å². The quantitative estimate of drug-likeness (QED) is 0.670. The number of carbonyl (C=O) groups excluding carboxylic acids is 1. The van der Waals surface area contributed by atoms with Gasteiger partial charge in [0.2, 0.25) is 5.91 Å². The summed E-state index contributed by atoms with van der Waals surface area (Å²) in [4.78, 5) is 15.0. The smallest absolute Gasteiger partial charge is 0.223 e. The first-order valence-corrected chi connectivity index (χ1v) is 9.29. The Kier molecular flexibility index (Phi) is 5.64. The lowest BCUT2D eigenvalue weighted by molar-refractivity contribution is -0.138. The number of rotatable bonds is 6. The molecule has 0 radical (unpaired) electrons. The molecule has 1 fully saturated rings. The SMILES string of the molecule is C=CCC1(c2ccc(F)cc2)CCN([C@@H](C)c2ccc(OC)cc2)C(=O)C1. The first kappa shape index (κ1) is 19.2. The molecule has 0 aromatic heterocycles. The summed E-state index contributed by atoms with van der Waals surface area (Å²) in [6.07, 6.45) is 3.80. The summed E-state index contributed by atoms with van der Waals surface area (Å²) < 4.78 is 18.6. The van der Waals surface area contributed by atoms with Crippen molar-refractivity contribution >= 4 is 5.91 Å². The number of carbonyl (C=O) groups is 1. The topological polar surface area (TPSA) is 29.5 Å². The van der Waals surface area contributed by atoms with Gasteiger partial charge in [0.25, 0.3) is 0 Å². The Morgan fingerprint density at radius 1 is 1.22 bits per heavy atom. The number of nitrogens with zero attached hydrogens (tertiary/aromatic N) is 1. The zero-order valence-electron chi connectivity index (χ0n) is 16.0. The van der Waals surface area contributed by atoms with Crippen LogP contribution in [0.4, 0.5) is 4.39 Å². The van der Waals surface area contributed by atoms with Gasteiger partial charge in [-0.05, 0) is 55.2 Å². The van der Waals surface area contributed by atoms with E-state index in [1.165, 1.54) is 12.1 Å². The molecule has 1 amide bonds. The number of amides is 1. The Balaban J connectivity index is 1.80. The van der Waals surface area contributed by atoms with E-state index in [1.807, 2.05) is 35.2 Å². The van der Waals surface area contributed by atoms with Gasteiger partial charge < -0.3 is 9.64 Å². The largest absolute Gasteiger partial charge is 0.497 e. The fraction of sp³-hybridized carbons (Fsp3) is 0.348. The molecule has 1 unspecified atom stereocenters. The minimum absolute atomic E-state index is 0.00152. The van der Waals surface area contributed by atoms with Crippen molar-refractivity contribution in [1.82, 2.24) is 4.90 Å². The van der Waals surface area contributed by atoms with Crippen LogP contribution in [0.2, 0.25) is 0 Å². The fourth-order valence-electron chi connectivity index (χ4n) is 4.03. The number of halogens is 1. The van der Waals surface area contributed by atoms with Gasteiger partial charge in [0.05, 0.1) is 13.2 Å². The van der Waals surface area contributed by atoms with E-state index < -0.39 is 0 Å². The van der Waals surface area contributed by atoms with Crippen molar-refractivity contribution in [3.05, 3.63) is 78.1 Å². The van der Waals surface area contributed by atoms with Crippen LogP contribution in [0.5, 0.6) is 5.75 Å². The molecule has 0 spiro atoms. The van der Waals surface area contributed by atoms with Crippen LogP contribution in [0.3, 0.4) is 0 Å². The molecule has 3 nitrogen and oxygen atoms in total. The summed E-state index contributed by atoms with van der Waals surface area (Å²) in [7, 11) is 1.64. The maximum Gasteiger partial charge on any atom is 0.223 e. The lowest BCUT2D eigenvalue weighted by atomic mass is 9.70. The molecule has 142 valence electrons.